The van der Waals surface area contributed by atoms with Crippen LogP contribution in [0.15, 0.2) is 54.6 Å². The second-order valence-corrected chi connectivity index (χ2v) is 6.25. The van der Waals surface area contributed by atoms with Crippen molar-refractivity contribution in [1.82, 2.24) is 4.90 Å². The van der Waals surface area contributed by atoms with Crippen LogP contribution in [-0.2, 0) is 14.4 Å². The van der Waals surface area contributed by atoms with E-state index in [9.17, 15) is 24.5 Å². The largest absolute Gasteiger partial charge is 0.324 e. The fourth-order valence-electron chi connectivity index (χ4n) is 3.03. The SMILES string of the molecule is O=C(CN1C(=O)CC(c2ccccc2)CC1=O)Nc1cccc([N+](=O)[O-])c1. The molecule has 0 aliphatic carbocycles. The van der Waals surface area contributed by atoms with E-state index >= 15 is 0 Å². The molecular weight excluding hydrogens is 350 g/mol. The standard InChI is InChI=1S/C19H17N3O5/c23-17(20-15-7-4-8-16(11-15)22(26)27)12-21-18(24)9-14(10-19(21)25)13-5-2-1-3-6-13/h1-8,11,14H,9-10,12H2,(H,20,23). The fraction of sp³-hybridized carbons (Fsp3) is 0.211. The molecule has 2 aromatic carbocycles. The summed E-state index contributed by atoms with van der Waals surface area (Å²) in [4.78, 5) is 48.0. The third-order valence-corrected chi connectivity index (χ3v) is 4.36. The number of nitrogens with one attached hydrogen (secondary N) is 1. The lowest BCUT2D eigenvalue weighted by atomic mass is 9.88. The molecule has 1 N–H and O–H groups in total. The van der Waals surface area contributed by atoms with Gasteiger partial charge in [0.15, 0.2) is 0 Å². The molecule has 0 aromatic heterocycles. The van der Waals surface area contributed by atoms with Gasteiger partial charge in [0.2, 0.25) is 17.7 Å². The lowest BCUT2D eigenvalue weighted by Crippen LogP contribution is -2.46. The molecule has 2 aromatic rings. The quantitative estimate of drug-likeness (QED) is 0.496. The molecule has 27 heavy (non-hydrogen) atoms. The Hall–Kier alpha value is -3.55. The second-order valence-electron chi connectivity index (χ2n) is 6.25. The average Bonchev–Trinajstić information content (AvgIpc) is 2.65. The Morgan fingerprint density at radius 1 is 1.07 bits per heavy atom. The second kappa shape index (κ2) is 7.77. The number of piperidine rings is 1. The summed E-state index contributed by atoms with van der Waals surface area (Å²) in [6.45, 7) is -0.415. The topological polar surface area (TPSA) is 110 Å². The Kier molecular flexibility index (Phi) is 5.25. The average molecular weight is 367 g/mol. The first-order valence-electron chi connectivity index (χ1n) is 8.36. The summed E-state index contributed by atoms with van der Waals surface area (Å²) in [5, 5.41) is 13.3. The van der Waals surface area contributed by atoms with E-state index in [4.69, 9.17) is 0 Å². The van der Waals surface area contributed by atoms with E-state index in [0.717, 1.165) is 10.5 Å². The molecule has 1 fully saturated rings. The van der Waals surface area contributed by atoms with Crippen molar-refractivity contribution in [3.8, 4) is 0 Å². The van der Waals surface area contributed by atoms with E-state index in [1.54, 1.807) is 0 Å². The maximum atomic E-state index is 12.4. The highest BCUT2D eigenvalue weighted by molar-refractivity contribution is 6.04. The maximum Gasteiger partial charge on any atom is 0.271 e. The van der Waals surface area contributed by atoms with Crippen molar-refractivity contribution in [2.24, 2.45) is 0 Å². The summed E-state index contributed by atoms with van der Waals surface area (Å²) < 4.78 is 0. The predicted molar refractivity (Wildman–Crippen MR) is 96.9 cm³/mol. The van der Waals surface area contributed by atoms with E-state index in [1.807, 2.05) is 30.3 Å². The normalized spacial score (nSPS) is 14.9. The van der Waals surface area contributed by atoms with Gasteiger partial charge < -0.3 is 5.32 Å². The number of imide groups is 1. The minimum absolute atomic E-state index is 0.153. The van der Waals surface area contributed by atoms with Gasteiger partial charge in [-0.3, -0.25) is 29.4 Å². The zero-order valence-corrected chi connectivity index (χ0v) is 14.3. The number of nitrogens with zero attached hydrogens (tertiary/aromatic N) is 2. The van der Waals surface area contributed by atoms with Crippen molar-refractivity contribution in [3.63, 3.8) is 0 Å². The molecule has 8 heteroatoms. The molecule has 1 saturated heterocycles. The number of nitro groups is 1. The highest BCUT2D eigenvalue weighted by atomic mass is 16.6. The van der Waals surface area contributed by atoms with Crippen molar-refractivity contribution >= 4 is 29.1 Å². The zero-order chi connectivity index (χ0) is 19.4. The molecule has 0 bridgehead atoms. The van der Waals surface area contributed by atoms with Crippen LogP contribution in [0.2, 0.25) is 0 Å². The number of carbonyl (C=O) groups excluding carboxylic acids is 3. The van der Waals surface area contributed by atoms with Gasteiger partial charge in [0.25, 0.3) is 5.69 Å². The molecule has 1 aliphatic heterocycles. The number of anilines is 1. The Balaban J connectivity index is 1.63. The van der Waals surface area contributed by atoms with Gasteiger partial charge in [0.05, 0.1) is 4.92 Å². The summed E-state index contributed by atoms with van der Waals surface area (Å²) in [6, 6.07) is 14.8. The maximum absolute atomic E-state index is 12.4. The van der Waals surface area contributed by atoms with Crippen molar-refractivity contribution < 1.29 is 19.3 Å². The summed E-state index contributed by atoms with van der Waals surface area (Å²) in [5.74, 6) is -1.60. The molecule has 0 atom stereocenters. The van der Waals surface area contributed by atoms with Crippen molar-refractivity contribution in [2.75, 3.05) is 11.9 Å². The van der Waals surface area contributed by atoms with Crippen LogP contribution in [0.3, 0.4) is 0 Å². The first kappa shape index (κ1) is 18.2. The van der Waals surface area contributed by atoms with Gasteiger partial charge in [-0.25, -0.2) is 0 Å². The Labute approximate surface area is 154 Å². The van der Waals surface area contributed by atoms with Crippen molar-refractivity contribution in [1.29, 1.82) is 0 Å². The molecule has 8 nitrogen and oxygen atoms in total. The van der Waals surface area contributed by atoms with Gasteiger partial charge in [-0.05, 0) is 11.6 Å². The van der Waals surface area contributed by atoms with E-state index in [-0.39, 0.29) is 30.1 Å². The van der Waals surface area contributed by atoms with Crippen LogP contribution in [0.5, 0.6) is 0 Å². The van der Waals surface area contributed by atoms with E-state index in [1.165, 1.54) is 24.3 Å². The molecule has 0 unspecified atom stereocenters. The van der Waals surface area contributed by atoms with E-state index in [0.29, 0.717) is 0 Å². The number of benzene rings is 2. The number of non-ortho nitro benzene ring substituents is 1. The molecule has 0 radical (unpaired) electrons. The van der Waals surface area contributed by atoms with Gasteiger partial charge in [-0.1, -0.05) is 36.4 Å². The third-order valence-electron chi connectivity index (χ3n) is 4.36. The first-order chi connectivity index (χ1) is 12.9. The molecule has 0 saturated carbocycles. The van der Waals surface area contributed by atoms with Crippen LogP contribution in [0, 0.1) is 10.1 Å². The molecule has 1 heterocycles. The van der Waals surface area contributed by atoms with Crippen LogP contribution in [0.1, 0.15) is 24.3 Å². The minimum atomic E-state index is -0.588. The van der Waals surface area contributed by atoms with Crippen molar-refractivity contribution in [2.45, 2.75) is 18.8 Å². The van der Waals surface area contributed by atoms with E-state index < -0.39 is 29.2 Å². The number of likely N-dealkylation sites (tertiary alicyclic amines) is 1. The number of hydrogen-bond acceptors (Lipinski definition) is 5. The van der Waals surface area contributed by atoms with Gasteiger partial charge in [-0.2, -0.15) is 0 Å². The number of nitro benzene ring substituents is 1. The lowest BCUT2D eigenvalue weighted by molar-refractivity contribution is -0.384. The predicted octanol–water partition coefficient (Wildman–Crippen LogP) is 2.47. The van der Waals surface area contributed by atoms with Crippen LogP contribution < -0.4 is 5.32 Å². The number of amides is 3. The molecule has 1 aliphatic rings. The Morgan fingerprint density at radius 2 is 1.74 bits per heavy atom. The number of rotatable bonds is 5. The van der Waals surface area contributed by atoms with Gasteiger partial charge in [-0.15, -0.1) is 0 Å². The van der Waals surface area contributed by atoms with Gasteiger partial charge >= 0.3 is 0 Å². The molecule has 3 amide bonds. The molecular formula is C19H17N3O5. The summed E-state index contributed by atoms with van der Waals surface area (Å²) in [6.07, 6.45) is 0.305. The summed E-state index contributed by atoms with van der Waals surface area (Å²) in [7, 11) is 0. The third kappa shape index (κ3) is 4.35. The summed E-state index contributed by atoms with van der Waals surface area (Å²) >= 11 is 0. The zero-order valence-electron chi connectivity index (χ0n) is 14.3. The monoisotopic (exact) mass is 367 g/mol. The minimum Gasteiger partial charge on any atom is -0.324 e. The smallest absolute Gasteiger partial charge is 0.271 e. The van der Waals surface area contributed by atoms with Crippen molar-refractivity contribution in [3.05, 3.63) is 70.3 Å². The highest BCUT2D eigenvalue weighted by Gasteiger charge is 2.34. The van der Waals surface area contributed by atoms with Crippen LogP contribution in [-0.4, -0.2) is 34.1 Å². The van der Waals surface area contributed by atoms with Crippen LogP contribution in [0.4, 0.5) is 11.4 Å². The van der Waals surface area contributed by atoms with Crippen LogP contribution >= 0.6 is 0 Å². The van der Waals surface area contributed by atoms with Gasteiger partial charge in [0.1, 0.15) is 6.54 Å². The molecule has 138 valence electrons. The number of carbonyl (C=O) groups is 3. The highest BCUT2D eigenvalue weighted by Crippen LogP contribution is 2.29. The fourth-order valence-corrected chi connectivity index (χ4v) is 3.03. The number of hydrogen-bond donors (Lipinski definition) is 1. The molecule has 0 spiro atoms. The Morgan fingerprint density at radius 3 is 2.37 bits per heavy atom. The summed E-state index contributed by atoms with van der Waals surface area (Å²) in [5.41, 5.74) is 0.983. The Bertz CT molecular complexity index is 879. The van der Waals surface area contributed by atoms with Crippen LogP contribution in [0.25, 0.3) is 0 Å². The lowest BCUT2D eigenvalue weighted by Gasteiger charge is -2.29. The van der Waals surface area contributed by atoms with E-state index in [2.05, 4.69) is 5.32 Å². The van der Waals surface area contributed by atoms with Gasteiger partial charge in [0, 0.05) is 36.6 Å². The molecule has 3 rings (SSSR count). The first-order valence-corrected chi connectivity index (χ1v) is 8.36.